The van der Waals surface area contributed by atoms with Gasteiger partial charge in [0.15, 0.2) is 0 Å². The van der Waals surface area contributed by atoms with E-state index < -0.39 is 0 Å². The van der Waals surface area contributed by atoms with Crippen LogP contribution in [-0.4, -0.2) is 25.3 Å². The summed E-state index contributed by atoms with van der Waals surface area (Å²) >= 11 is 0. The van der Waals surface area contributed by atoms with Crippen LogP contribution in [0.4, 0.5) is 0 Å². The Hall–Kier alpha value is -0.340. The van der Waals surface area contributed by atoms with Crippen LogP contribution in [0.15, 0.2) is 12.2 Å². The molecule has 0 fully saturated rings. The lowest BCUT2D eigenvalue weighted by atomic mass is 10.1. The van der Waals surface area contributed by atoms with E-state index in [0.29, 0.717) is 6.61 Å². The molecule has 96 valence electrons. The lowest BCUT2D eigenvalue weighted by Crippen LogP contribution is -2.37. The van der Waals surface area contributed by atoms with E-state index in [1.165, 1.54) is 25.7 Å². The van der Waals surface area contributed by atoms with Crippen molar-refractivity contribution in [2.24, 2.45) is 0 Å². The van der Waals surface area contributed by atoms with Gasteiger partial charge in [0, 0.05) is 18.7 Å². The highest BCUT2D eigenvalue weighted by Crippen LogP contribution is 2.02. The summed E-state index contributed by atoms with van der Waals surface area (Å²) < 4.78 is 5.57. The van der Waals surface area contributed by atoms with Crippen molar-refractivity contribution < 1.29 is 4.74 Å². The third-order valence-electron chi connectivity index (χ3n) is 2.32. The van der Waals surface area contributed by atoms with Crippen molar-refractivity contribution in [3.05, 3.63) is 12.2 Å². The van der Waals surface area contributed by atoms with Crippen LogP contribution >= 0.6 is 0 Å². The van der Waals surface area contributed by atoms with E-state index in [1.807, 2.05) is 0 Å². The molecule has 0 bridgehead atoms. The van der Waals surface area contributed by atoms with Gasteiger partial charge in [-0.15, -0.1) is 0 Å². The number of hydrogen-bond acceptors (Lipinski definition) is 2. The lowest BCUT2D eigenvalue weighted by molar-refractivity contribution is 0.149. The molecule has 0 aliphatic carbocycles. The van der Waals surface area contributed by atoms with E-state index in [4.69, 9.17) is 4.74 Å². The molecule has 0 saturated heterocycles. The largest absolute Gasteiger partial charge is 0.377 e. The average Bonchev–Trinajstić information content (AvgIpc) is 2.19. The fraction of sp³-hybridized carbons (Fsp3) is 0.857. The first kappa shape index (κ1) is 15.7. The summed E-state index contributed by atoms with van der Waals surface area (Å²) in [5.41, 5.74) is 1.29. The quantitative estimate of drug-likeness (QED) is 0.480. The topological polar surface area (TPSA) is 21.3 Å². The van der Waals surface area contributed by atoms with Gasteiger partial charge in [0.05, 0.1) is 6.61 Å². The van der Waals surface area contributed by atoms with Gasteiger partial charge in [0.25, 0.3) is 0 Å². The second kappa shape index (κ2) is 8.77. The SMILES string of the molecule is C=C(CNC(C)(C)C)COCCCCCC. The molecule has 0 rings (SSSR count). The number of ether oxygens (including phenoxy) is 1. The fourth-order valence-corrected chi connectivity index (χ4v) is 1.29. The van der Waals surface area contributed by atoms with Crippen LogP contribution in [0.1, 0.15) is 53.4 Å². The first-order valence-electron chi connectivity index (χ1n) is 6.45. The van der Waals surface area contributed by atoms with E-state index >= 15 is 0 Å². The van der Waals surface area contributed by atoms with E-state index in [-0.39, 0.29) is 5.54 Å². The summed E-state index contributed by atoms with van der Waals surface area (Å²) in [6.07, 6.45) is 5.05. The molecule has 0 radical (unpaired) electrons. The highest BCUT2D eigenvalue weighted by Gasteiger charge is 2.08. The molecule has 0 heterocycles. The van der Waals surface area contributed by atoms with E-state index in [9.17, 15) is 0 Å². The highest BCUT2D eigenvalue weighted by molar-refractivity contribution is 4.98. The Morgan fingerprint density at radius 2 is 1.88 bits per heavy atom. The van der Waals surface area contributed by atoms with Gasteiger partial charge in [-0.25, -0.2) is 0 Å². The fourth-order valence-electron chi connectivity index (χ4n) is 1.29. The number of rotatable bonds is 9. The summed E-state index contributed by atoms with van der Waals surface area (Å²) in [6.45, 7) is 15.1. The van der Waals surface area contributed by atoms with Crippen molar-refractivity contribution in [3.63, 3.8) is 0 Å². The van der Waals surface area contributed by atoms with Gasteiger partial charge in [-0.3, -0.25) is 0 Å². The number of unbranched alkanes of at least 4 members (excludes halogenated alkanes) is 3. The van der Waals surface area contributed by atoms with Crippen LogP contribution < -0.4 is 5.32 Å². The maximum absolute atomic E-state index is 5.57. The maximum Gasteiger partial charge on any atom is 0.0686 e. The Morgan fingerprint density at radius 3 is 2.44 bits per heavy atom. The van der Waals surface area contributed by atoms with Gasteiger partial charge in [-0.1, -0.05) is 32.8 Å². The van der Waals surface area contributed by atoms with Gasteiger partial charge in [0.1, 0.15) is 0 Å². The van der Waals surface area contributed by atoms with E-state index in [2.05, 4.69) is 39.6 Å². The molecule has 0 aromatic carbocycles. The van der Waals surface area contributed by atoms with Crippen LogP contribution in [0.5, 0.6) is 0 Å². The summed E-state index contributed by atoms with van der Waals surface area (Å²) in [6, 6.07) is 0. The summed E-state index contributed by atoms with van der Waals surface area (Å²) in [5, 5.41) is 3.40. The van der Waals surface area contributed by atoms with Crippen molar-refractivity contribution in [1.29, 1.82) is 0 Å². The molecule has 0 aromatic heterocycles. The molecule has 0 aliphatic rings. The zero-order chi connectivity index (χ0) is 12.4. The molecular weight excluding hydrogens is 198 g/mol. The molecule has 0 spiro atoms. The first-order valence-corrected chi connectivity index (χ1v) is 6.45. The van der Waals surface area contributed by atoms with Crippen LogP contribution in [0.2, 0.25) is 0 Å². The van der Waals surface area contributed by atoms with Crippen molar-refractivity contribution in [2.75, 3.05) is 19.8 Å². The summed E-state index contributed by atoms with van der Waals surface area (Å²) in [4.78, 5) is 0. The predicted molar refractivity (Wildman–Crippen MR) is 71.9 cm³/mol. The summed E-state index contributed by atoms with van der Waals surface area (Å²) in [5.74, 6) is 0. The molecule has 0 amide bonds. The van der Waals surface area contributed by atoms with Crippen LogP contribution in [-0.2, 0) is 4.74 Å². The third kappa shape index (κ3) is 11.7. The van der Waals surface area contributed by atoms with Gasteiger partial charge in [-0.2, -0.15) is 0 Å². The van der Waals surface area contributed by atoms with Gasteiger partial charge in [-0.05, 0) is 32.8 Å². The minimum Gasteiger partial charge on any atom is -0.377 e. The number of hydrogen-bond donors (Lipinski definition) is 1. The zero-order valence-corrected chi connectivity index (χ0v) is 11.6. The monoisotopic (exact) mass is 227 g/mol. The molecule has 2 heteroatoms. The van der Waals surface area contributed by atoms with Crippen molar-refractivity contribution in [2.45, 2.75) is 58.9 Å². The molecular formula is C14H29NO. The minimum atomic E-state index is 0.157. The molecule has 0 aromatic rings. The van der Waals surface area contributed by atoms with Crippen LogP contribution in [0.25, 0.3) is 0 Å². The molecule has 16 heavy (non-hydrogen) atoms. The average molecular weight is 227 g/mol. The molecule has 0 saturated carbocycles. The highest BCUT2D eigenvalue weighted by atomic mass is 16.5. The normalized spacial score (nSPS) is 11.8. The molecule has 0 unspecified atom stereocenters. The molecule has 1 N–H and O–H groups in total. The number of nitrogens with one attached hydrogen (secondary N) is 1. The second-order valence-electron chi connectivity index (χ2n) is 5.47. The maximum atomic E-state index is 5.57. The van der Waals surface area contributed by atoms with Gasteiger partial charge in [0.2, 0.25) is 0 Å². The first-order chi connectivity index (χ1) is 7.45. The van der Waals surface area contributed by atoms with E-state index in [0.717, 1.165) is 18.7 Å². The minimum absolute atomic E-state index is 0.157. The van der Waals surface area contributed by atoms with Crippen molar-refractivity contribution in [3.8, 4) is 0 Å². The van der Waals surface area contributed by atoms with Crippen LogP contribution in [0.3, 0.4) is 0 Å². The lowest BCUT2D eigenvalue weighted by Gasteiger charge is -2.21. The third-order valence-corrected chi connectivity index (χ3v) is 2.32. The Morgan fingerprint density at radius 1 is 1.19 bits per heavy atom. The smallest absolute Gasteiger partial charge is 0.0686 e. The van der Waals surface area contributed by atoms with Gasteiger partial charge < -0.3 is 10.1 Å². The molecule has 2 nitrogen and oxygen atoms in total. The van der Waals surface area contributed by atoms with Crippen molar-refractivity contribution >= 4 is 0 Å². The Bertz CT molecular complexity index is 182. The van der Waals surface area contributed by atoms with E-state index in [1.54, 1.807) is 0 Å². The zero-order valence-electron chi connectivity index (χ0n) is 11.6. The standard InChI is InChI=1S/C14H29NO/c1-6-7-8-9-10-16-12-13(2)11-15-14(3,4)5/h15H,2,6-12H2,1,3-5H3. The molecule has 0 atom stereocenters. The summed E-state index contributed by atoms with van der Waals surface area (Å²) in [7, 11) is 0. The Labute approximate surface area is 101 Å². The van der Waals surface area contributed by atoms with Crippen LogP contribution in [0, 0.1) is 0 Å². The predicted octanol–water partition coefficient (Wildman–Crippen LogP) is 3.53. The Balaban J connectivity index is 3.31. The second-order valence-corrected chi connectivity index (χ2v) is 5.47. The van der Waals surface area contributed by atoms with Gasteiger partial charge >= 0.3 is 0 Å². The Kier molecular flexibility index (Phi) is 8.58. The van der Waals surface area contributed by atoms with Crippen molar-refractivity contribution in [1.82, 2.24) is 5.32 Å². The molecule has 0 aliphatic heterocycles.